The number of aryl methyl sites for hydroxylation is 2. The summed E-state index contributed by atoms with van der Waals surface area (Å²) in [7, 11) is 0. The summed E-state index contributed by atoms with van der Waals surface area (Å²) in [6.45, 7) is 7.12. The van der Waals surface area contributed by atoms with Gasteiger partial charge in [-0.3, -0.25) is 9.78 Å². The van der Waals surface area contributed by atoms with Gasteiger partial charge in [-0.2, -0.15) is 0 Å². The van der Waals surface area contributed by atoms with Crippen LogP contribution in [0.3, 0.4) is 0 Å². The average molecular weight is 299 g/mol. The van der Waals surface area contributed by atoms with Crippen molar-refractivity contribution in [2.45, 2.75) is 39.5 Å². The van der Waals surface area contributed by atoms with E-state index in [1.54, 1.807) is 6.92 Å². The smallest absolute Gasteiger partial charge is 0.219 e. The van der Waals surface area contributed by atoms with Crippen molar-refractivity contribution in [1.82, 2.24) is 15.0 Å². The number of hydrogen-bond acceptors (Lipinski definition) is 4. The molecular formula is C17H21N3O2. The largest absolute Gasteiger partial charge is 0.361 e. The fourth-order valence-electron chi connectivity index (χ4n) is 3.16. The van der Waals surface area contributed by atoms with Gasteiger partial charge in [0.1, 0.15) is 5.76 Å². The lowest BCUT2D eigenvalue weighted by Gasteiger charge is -2.31. The molecule has 1 fully saturated rings. The van der Waals surface area contributed by atoms with Crippen molar-refractivity contribution in [2.24, 2.45) is 0 Å². The molecule has 0 saturated carbocycles. The molecule has 0 aliphatic carbocycles. The van der Waals surface area contributed by atoms with Crippen LogP contribution in [0, 0.1) is 13.8 Å². The fourth-order valence-corrected chi connectivity index (χ4v) is 3.16. The SMILES string of the molecule is CC(=O)N1CCC(c2cccc(-c3c(C)noc3C)n2)CC1. The molecule has 1 aliphatic rings. The number of pyridine rings is 1. The highest BCUT2D eigenvalue weighted by molar-refractivity contribution is 5.73. The molecule has 3 rings (SSSR count). The Labute approximate surface area is 130 Å². The number of piperidine rings is 1. The van der Waals surface area contributed by atoms with Crippen molar-refractivity contribution < 1.29 is 9.32 Å². The number of rotatable bonds is 2. The van der Waals surface area contributed by atoms with Gasteiger partial charge in [0.05, 0.1) is 17.0 Å². The minimum atomic E-state index is 0.163. The molecule has 0 N–H and O–H groups in total. The Hall–Kier alpha value is -2.17. The predicted octanol–water partition coefficient (Wildman–Crippen LogP) is 3.08. The number of hydrogen-bond donors (Lipinski definition) is 0. The molecule has 0 spiro atoms. The van der Waals surface area contributed by atoms with E-state index in [9.17, 15) is 4.79 Å². The summed E-state index contributed by atoms with van der Waals surface area (Å²) in [5.74, 6) is 1.38. The lowest BCUT2D eigenvalue weighted by molar-refractivity contribution is -0.129. The van der Waals surface area contributed by atoms with E-state index in [1.807, 2.05) is 30.9 Å². The van der Waals surface area contributed by atoms with Crippen molar-refractivity contribution in [3.8, 4) is 11.3 Å². The molecule has 5 nitrogen and oxygen atoms in total. The Morgan fingerprint density at radius 1 is 1.27 bits per heavy atom. The Kier molecular flexibility index (Phi) is 3.96. The lowest BCUT2D eigenvalue weighted by atomic mass is 9.92. The molecule has 0 unspecified atom stereocenters. The summed E-state index contributed by atoms with van der Waals surface area (Å²) in [6, 6.07) is 6.12. The molecule has 0 radical (unpaired) electrons. The van der Waals surface area contributed by atoms with Gasteiger partial charge in [-0.1, -0.05) is 11.2 Å². The van der Waals surface area contributed by atoms with Gasteiger partial charge in [0, 0.05) is 31.6 Å². The van der Waals surface area contributed by atoms with E-state index in [1.165, 1.54) is 0 Å². The molecule has 0 bridgehead atoms. The number of likely N-dealkylation sites (tertiary alicyclic amines) is 1. The van der Waals surface area contributed by atoms with Crippen molar-refractivity contribution >= 4 is 5.91 Å². The zero-order valence-electron chi connectivity index (χ0n) is 13.3. The number of carbonyl (C=O) groups is 1. The normalized spacial score (nSPS) is 16.0. The monoisotopic (exact) mass is 299 g/mol. The maximum absolute atomic E-state index is 11.4. The Bertz CT molecular complexity index is 665. The Morgan fingerprint density at radius 3 is 2.59 bits per heavy atom. The highest BCUT2D eigenvalue weighted by atomic mass is 16.5. The summed E-state index contributed by atoms with van der Waals surface area (Å²) in [5.41, 5.74) is 3.88. The van der Waals surface area contributed by atoms with E-state index in [4.69, 9.17) is 9.51 Å². The maximum atomic E-state index is 11.4. The van der Waals surface area contributed by atoms with E-state index >= 15 is 0 Å². The van der Waals surface area contributed by atoms with Crippen LogP contribution in [0.5, 0.6) is 0 Å². The zero-order valence-corrected chi connectivity index (χ0v) is 13.3. The molecule has 3 heterocycles. The molecule has 0 atom stereocenters. The van der Waals surface area contributed by atoms with Crippen LogP contribution >= 0.6 is 0 Å². The predicted molar refractivity (Wildman–Crippen MR) is 83.4 cm³/mol. The van der Waals surface area contributed by atoms with Crippen LogP contribution in [0.25, 0.3) is 11.3 Å². The van der Waals surface area contributed by atoms with Gasteiger partial charge in [0.15, 0.2) is 0 Å². The van der Waals surface area contributed by atoms with Crippen LogP contribution in [-0.4, -0.2) is 34.0 Å². The number of aromatic nitrogens is 2. The van der Waals surface area contributed by atoms with E-state index in [0.29, 0.717) is 5.92 Å². The van der Waals surface area contributed by atoms with Gasteiger partial charge in [0.25, 0.3) is 0 Å². The molecule has 1 saturated heterocycles. The van der Waals surface area contributed by atoms with Gasteiger partial charge < -0.3 is 9.42 Å². The van der Waals surface area contributed by atoms with Gasteiger partial charge in [-0.15, -0.1) is 0 Å². The highest BCUT2D eigenvalue weighted by Gasteiger charge is 2.23. The highest BCUT2D eigenvalue weighted by Crippen LogP contribution is 2.30. The summed E-state index contributed by atoms with van der Waals surface area (Å²) >= 11 is 0. The van der Waals surface area contributed by atoms with E-state index in [0.717, 1.165) is 54.3 Å². The molecule has 1 amide bonds. The summed E-state index contributed by atoms with van der Waals surface area (Å²) in [6.07, 6.45) is 1.94. The second-order valence-electron chi connectivity index (χ2n) is 5.93. The van der Waals surface area contributed by atoms with Gasteiger partial charge >= 0.3 is 0 Å². The number of nitrogens with zero attached hydrogens (tertiary/aromatic N) is 3. The van der Waals surface area contributed by atoms with Crippen molar-refractivity contribution in [1.29, 1.82) is 0 Å². The summed E-state index contributed by atoms with van der Waals surface area (Å²) in [4.78, 5) is 18.2. The minimum Gasteiger partial charge on any atom is -0.361 e. The number of amides is 1. The standard InChI is InChI=1S/C17H21N3O2/c1-11-17(12(2)22-19-11)16-6-4-5-15(18-16)14-7-9-20(10-8-14)13(3)21/h4-6,14H,7-10H2,1-3H3. The molecule has 116 valence electrons. The topological polar surface area (TPSA) is 59.2 Å². The first-order valence-corrected chi connectivity index (χ1v) is 7.72. The Balaban J connectivity index is 1.82. The molecule has 1 aliphatic heterocycles. The second kappa shape index (κ2) is 5.91. The summed E-state index contributed by atoms with van der Waals surface area (Å²) in [5, 5.41) is 4.00. The molecule has 0 aromatic carbocycles. The third kappa shape index (κ3) is 2.75. The molecule has 2 aromatic rings. The minimum absolute atomic E-state index is 0.163. The third-order valence-electron chi connectivity index (χ3n) is 4.42. The van der Waals surface area contributed by atoms with E-state index < -0.39 is 0 Å². The average Bonchev–Trinajstić information content (AvgIpc) is 2.86. The molecule has 2 aromatic heterocycles. The van der Waals surface area contributed by atoms with Gasteiger partial charge in [-0.05, 0) is 38.8 Å². The van der Waals surface area contributed by atoms with Crippen LogP contribution in [-0.2, 0) is 4.79 Å². The first-order valence-electron chi connectivity index (χ1n) is 7.72. The molecule has 22 heavy (non-hydrogen) atoms. The maximum Gasteiger partial charge on any atom is 0.219 e. The van der Waals surface area contributed by atoms with Gasteiger partial charge in [0.2, 0.25) is 5.91 Å². The van der Waals surface area contributed by atoms with Crippen LogP contribution in [0.4, 0.5) is 0 Å². The van der Waals surface area contributed by atoms with Crippen LogP contribution < -0.4 is 0 Å². The first kappa shape index (κ1) is 14.8. The third-order valence-corrected chi connectivity index (χ3v) is 4.42. The van der Waals surface area contributed by atoms with E-state index in [-0.39, 0.29) is 5.91 Å². The molecular weight excluding hydrogens is 278 g/mol. The lowest BCUT2D eigenvalue weighted by Crippen LogP contribution is -2.36. The first-order chi connectivity index (χ1) is 10.6. The number of carbonyl (C=O) groups excluding carboxylic acids is 1. The quantitative estimate of drug-likeness (QED) is 0.855. The van der Waals surface area contributed by atoms with Gasteiger partial charge in [-0.25, -0.2) is 0 Å². The second-order valence-corrected chi connectivity index (χ2v) is 5.93. The van der Waals surface area contributed by atoms with Crippen LogP contribution in [0.1, 0.15) is 42.8 Å². The van der Waals surface area contributed by atoms with Crippen LogP contribution in [0.2, 0.25) is 0 Å². The molecule has 5 heteroatoms. The van der Waals surface area contributed by atoms with Crippen LogP contribution in [0.15, 0.2) is 22.7 Å². The van der Waals surface area contributed by atoms with Crippen molar-refractivity contribution in [2.75, 3.05) is 13.1 Å². The fraction of sp³-hybridized carbons (Fsp3) is 0.471. The van der Waals surface area contributed by atoms with Crippen molar-refractivity contribution in [3.63, 3.8) is 0 Å². The Morgan fingerprint density at radius 2 is 2.00 bits per heavy atom. The summed E-state index contributed by atoms with van der Waals surface area (Å²) < 4.78 is 5.24. The van der Waals surface area contributed by atoms with Crippen molar-refractivity contribution in [3.05, 3.63) is 35.3 Å². The zero-order chi connectivity index (χ0) is 15.7. The van der Waals surface area contributed by atoms with E-state index in [2.05, 4.69) is 11.2 Å².